The average Bonchev–Trinajstić information content (AvgIpc) is 2.60. The number of hydrogen-bond acceptors (Lipinski definition) is 3. The van der Waals surface area contributed by atoms with Crippen LogP contribution < -0.4 is 5.73 Å². The van der Waals surface area contributed by atoms with Crippen LogP contribution in [-0.2, 0) is 4.74 Å². The SMILES string of the molecule is CCOC(c1ccc(C)o1)C(N)CC. The number of ether oxygens (including phenoxy) is 1. The highest BCUT2D eigenvalue weighted by Gasteiger charge is 2.21. The lowest BCUT2D eigenvalue weighted by molar-refractivity contribution is 0.0267. The van der Waals surface area contributed by atoms with Gasteiger partial charge in [0, 0.05) is 12.6 Å². The molecule has 3 nitrogen and oxygen atoms in total. The van der Waals surface area contributed by atoms with E-state index in [2.05, 4.69) is 0 Å². The van der Waals surface area contributed by atoms with E-state index in [-0.39, 0.29) is 12.1 Å². The van der Waals surface area contributed by atoms with Crippen molar-refractivity contribution in [3.63, 3.8) is 0 Å². The van der Waals surface area contributed by atoms with E-state index in [4.69, 9.17) is 14.9 Å². The zero-order chi connectivity index (χ0) is 10.6. The van der Waals surface area contributed by atoms with Crippen LogP contribution in [0.3, 0.4) is 0 Å². The Hall–Kier alpha value is -0.800. The zero-order valence-corrected chi connectivity index (χ0v) is 9.12. The minimum absolute atomic E-state index is 0.000463. The van der Waals surface area contributed by atoms with Gasteiger partial charge in [-0.15, -0.1) is 0 Å². The summed E-state index contributed by atoms with van der Waals surface area (Å²) in [4.78, 5) is 0. The maximum absolute atomic E-state index is 5.96. The third-order valence-corrected chi connectivity index (χ3v) is 2.25. The van der Waals surface area contributed by atoms with Gasteiger partial charge >= 0.3 is 0 Å². The lowest BCUT2D eigenvalue weighted by Crippen LogP contribution is -2.29. The molecule has 1 aromatic rings. The summed E-state index contributed by atoms with van der Waals surface area (Å²) in [5, 5.41) is 0. The first kappa shape index (κ1) is 11.3. The van der Waals surface area contributed by atoms with Gasteiger partial charge in [-0.1, -0.05) is 6.92 Å². The smallest absolute Gasteiger partial charge is 0.134 e. The van der Waals surface area contributed by atoms with E-state index in [0.29, 0.717) is 6.61 Å². The van der Waals surface area contributed by atoms with Crippen molar-refractivity contribution in [3.8, 4) is 0 Å². The molecule has 80 valence electrons. The Morgan fingerprint density at radius 1 is 1.43 bits per heavy atom. The molecule has 0 amide bonds. The third kappa shape index (κ3) is 2.59. The molecule has 0 aromatic carbocycles. The number of aryl methyl sites for hydroxylation is 1. The molecule has 0 saturated carbocycles. The summed E-state index contributed by atoms with van der Waals surface area (Å²) in [6, 6.07) is 3.87. The summed E-state index contributed by atoms with van der Waals surface area (Å²) >= 11 is 0. The fourth-order valence-electron chi connectivity index (χ4n) is 1.42. The molecule has 1 rings (SSSR count). The largest absolute Gasteiger partial charge is 0.464 e. The van der Waals surface area contributed by atoms with E-state index < -0.39 is 0 Å². The van der Waals surface area contributed by atoms with Crippen LogP contribution in [0.2, 0.25) is 0 Å². The van der Waals surface area contributed by atoms with Gasteiger partial charge in [-0.05, 0) is 32.4 Å². The second-order valence-corrected chi connectivity index (χ2v) is 3.40. The van der Waals surface area contributed by atoms with Crippen molar-refractivity contribution in [1.82, 2.24) is 0 Å². The molecule has 2 unspecified atom stereocenters. The van der Waals surface area contributed by atoms with Crippen molar-refractivity contribution in [2.45, 2.75) is 39.3 Å². The molecule has 2 atom stereocenters. The molecule has 0 bridgehead atoms. The van der Waals surface area contributed by atoms with E-state index in [1.165, 1.54) is 0 Å². The quantitative estimate of drug-likeness (QED) is 0.788. The lowest BCUT2D eigenvalue weighted by Gasteiger charge is -2.20. The highest BCUT2D eigenvalue weighted by Crippen LogP contribution is 2.23. The maximum Gasteiger partial charge on any atom is 0.134 e. The highest BCUT2D eigenvalue weighted by molar-refractivity contribution is 5.10. The Bertz CT molecular complexity index is 270. The third-order valence-electron chi connectivity index (χ3n) is 2.25. The van der Waals surface area contributed by atoms with Gasteiger partial charge in [0.2, 0.25) is 0 Å². The lowest BCUT2D eigenvalue weighted by atomic mass is 10.1. The van der Waals surface area contributed by atoms with Crippen molar-refractivity contribution in [1.29, 1.82) is 0 Å². The van der Waals surface area contributed by atoms with Gasteiger partial charge in [-0.2, -0.15) is 0 Å². The van der Waals surface area contributed by atoms with Crippen LogP contribution in [0.4, 0.5) is 0 Å². The van der Waals surface area contributed by atoms with Crippen LogP contribution in [0.1, 0.15) is 37.9 Å². The normalized spacial score (nSPS) is 15.4. The molecule has 1 heterocycles. The zero-order valence-electron chi connectivity index (χ0n) is 9.12. The molecule has 0 fully saturated rings. The van der Waals surface area contributed by atoms with E-state index in [1.807, 2.05) is 32.9 Å². The fourth-order valence-corrected chi connectivity index (χ4v) is 1.42. The Labute approximate surface area is 85.2 Å². The van der Waals surface area contributed by atoms with E-state index in [1.54, 1.807) is 0 Å². The van der Waals surface area contributed by atoms with Gasteiger partial charge in [0.25, 0.3) is 0 Å². The topological polar surface area (TPSA) is 48.4 Å². The maximum atomic E-state index is 5.96. The molecule has 0 saturated heterocycles. The first-order valence-corrected chi connectivity index (χ1v) is 5.12. The first-order valence-electron chi connectivity index (χ1n) is 5.12. The second-order valence-electron chi connectivity index (χ2n) is 3.40. The van der Waals surface area contributed by atoms with Crippen LogP contribution in [-0.4, -0.2) is 12.6 Å². The highest BCUT2D eigenvalue weighted by atomic mass is 16.5. The number of nitrogens with two attached hydrogens (primary N) is 1. The summed E-state index contributed by atoms with van der Waals surface area (Å²) < 4.78 is 11.1. The molecule has 0 spiro atoms. The van der Waals surface area contributed by atoms with Gasteiger partial charge in [0.05, 0.1) is 0 Å². The molecule has 14 heavy (non-hydrogen) atoms. The van der Waals surface area contributed by atoms with Crippen molar-refractivity contribution in [2.75, 3.05) is 6.61 Å². The molecule has 2 N–H and O–H groups in total. The molecule has 3 heteroatoms. The van der Waals surface area contributed by atoms with Gasteiger partial charge in [0.15, 0.2) is 0 Å². The Kier molecular flexibility index (Phi) is 4.17. The number of furan rings is 1. The monoisotopic (exact) mass is 197 g/mol. The van der Waals surface area contributed by atoms with Gasteiger partial charge in [-0.3, -0.25) is 0 Å². The van der Waals surface area contributed by atoms with Crippen molar-refractivity contribution in [3.05, 3.63) is 23.7 Å². The molecule has 1 aromatic heterocycles. The van der Waals surface area contributed by atoms with Gasteiger partial charge in [0.1, 0.15) is 17.6 Å². The van der Waals surface area contributed by atoms with Crippen molar-refractivity contribution >= 4 is 0 Å². The van der Waals surface area contributed by atoms with E-state index >= 15 is 0 Å². The fraction of sp³-hybridized carbons (Fsp3) is 0.636. The van der Waals surface area contributed by atoms with Gasteiger partial charge in [-0.25, -0.2) is 0 Å². The standard InChI is InChI=1S/C11H19NO2/c1-4-9(12)11(13-5-2)10-7-6-8(3)14-10/h6-7,9,11H,4-5,12H2,1-3H3. The van der Waals surface area contributed by atoms with E-state index in [9.17, 15) is 0 Å². The predicted molar refractivity (Wildman–Crippen MR) is 56.1 cm³/mol. The molecule has 0 aliphatic rings. The van der Waals surface area contributed by atoms with Crippen molar-refractivity contribution < 1.29 is 9.15 Å². The minimum Gasteiger partial charge on any atom is -0.464 e. The molecular formula is C11H19NO2. The Morgan fingerprint density at radius 3 is 2.57 bits per heavy atom. The van der Waals surface area contributed by atoms with E-state index in [0.717, 1.165) is 17.9 Å². The second kappa shape index (κ2) is 5.17. The number of hydrogen-bond donors (Lipinski definition) is 1. The minimum atomic E-state index is -0.112. The molecule has 0 radical (unpaired) electrons. The molecular weight excluding hydrogens is 178 g/mol. The summed E-state index contributed by atoms with van der Waals surface area (Å²) in [5.74, 6) is 1.73. The molecule has 0 aliphatic heterocycles. The van der Waals surface area contributed by atoms with Crippen LogP contribution in [0.5, 0.6) is 0 Å². The van der Waals surface area contributed by atoms with Crippen LogP contribution in [0.25, 0.3) is 0 Å². The predicted octanol–water partition coefficient (Wildman–Crippen LogP) is 2.40. The van der Waals surface area contributed by atoms with Crippen LogP contribution in [0.15, 0.2) is 16.5 Å². The van der Waals surface area contributed by atoms with Crippen LogP contribution >= 0.6 is 0 Å². The van der Waals surface area contributed by atoms with Crippen molar-refractivity contribution in [2.24, 2.45) is 5.73 Å². The summed E-state index contributed by atoms with van der Waals surface area (Å²) in [5.41, 5.74) is 5.96. The first-order chi connectivity index (χ1) is 6.69. The summed E-state index contributed by atoms with van der Waals surface area (Å²) in [6.07, 6.45) is 0.767. The van der Waals surface area contributed by atoms with Gasteiger partial charge < -0.3 is 14.9 Å². The Balaban J connectivity index is 2.76. The molecule has 0 aliphatic carbocycles. The number of rotatable bonds is 5. The Morgan fingerprint density at radius 2 is 2.14 bits per heavy atom. The summed E-state index contributed by atoms with van der Waals surface area (Å²) in [6.45, 7) is 6.58. The van der Waals surface area contributed by atoms with Crippen LogP contribution in [0, 0.1) is 6.92 Å². The summed E-state index contributed by atoms with van der Waals surface area (Å²) in [7, 11) is 0. The average molecular weight is 197 g/mol.